The molecule has 4 aromatic rings. The number of carbonyl (C=O) groups excluding carboxylic acids is 1. The highest BCUT2D eigenvalue weighted by molar-refractivity contribution is 5.79. The third kappa shape index (κ3) is 4.83. The molecule has 10 heteroatoms. The van der Waals surface area contributed by atoms with E-state index in [1.165, 1.54) is 27.4 Å². The molecule has 0 aliphatic carbocycles. The second-order valence-electron chi connectivity index (χ2n) is 8.10. The number of imidazole rings is 1. The summed E-state index contributed by atoms with van der Waals surface area (Å²) >= 11 is 0. The van der Waals surface area contributed by atoms with E-state index < -0.39 is 11.5 Å². The Morgan fingerprint density at radius 2 is 1.86 bits per heavy atom. The average Bonchev–Trinajstić information content (AvgIpc) is 3.28. The lowest BCUT2D eigenvalue weighted by Crippen LogP contribution is -2.27. The van der Waals surface area contributed by atoms with Crippen LogP contribution in [0.1, 0.15) is 35.1 Å². The quantitative estimate of drug-likeness (QED) is 0.323. The molecule has 0 unspecified atom stereocenters. The fraction of sp³-hybridized carbons (Fsp3) is 0.269. The molecule has 2 aromatic heterocycles. The molecule has 1 amide bonds. The van der Waals surface area contributed by atoms with Crippen LogP contribution >= 0.6 is 0 Å². The highest BCUT2D eigenvalue weighted by Crippen LogP contribution is 2.45. The largest absolute Gasteiger partial charge is 0.507 e. The van der Waals surface area contributed by atoms with Crippen molar-refractivity contribution in [1.29, 1.82) is 0 Å². The van der Waals surface area contributed by atoms with E-state index in [-0.39, 0.29) is 41.7 Å². The van der Waals surface area contributed by atoms with Gasteiger partial charge in [-0.1, -0.05) is 18.2 Å². The van der Waals surface area contributed by atoms with Gasteiger partial charge < -0.3 is 34.0 Å². The Bertz CT molecular complexity index is 1420. The monoisotopic (exact) mass is 493 g/mol. The predicted octanol–water partition coefficient (Wildman–Crippen LogP) is 3.39. The number of fused-ring (bicyclic) bond motifs is 1. The van der Waals surface area contributed by atoms with E-state index in [0.29, 0.717) is 22.9 Å². The number of methoxy groups -OCH3 is 3. The highest BCUT2D eigenvalue weighted by Gasteiger charge is 2.30. The lowest BCUT2D eigenvalue weighted by atomic mass is 9.87. The van der Waals surface area contributed by atoms with Gasteiger partial charge in [-0.25, -0.2) is 9.78 Å². The van der Waals surface area contributed by atoms with Crippen LogP contribution in [0, 0.1) is 6.92 Å². The highest BCUT2D eigenvalue weighted by atomic mass is 16.5. The first-order valence-electron chi connectivity index (χ1n) is 11.2. The number of hydrogen-bond donors (Lipinski definition) is 3. The molecule has 10 nitrogen and oxygen atoms in total. The summed E-state index contributed by atoms with van der Waals surface area (Å²) in [5, 5.41) is 13.5. The zero-order valence-corrected chi connectivity index (χ0v) is 20.4. The fourth-order valence-electron chi connectivity index (χ4n) is 4.22. The molecule has 36 heavy (non-hydrogen) atoms. The predicted molar refractivity (Wildman–Crippen MR) is 132 cm³/mol. The summed E-state index contributed by atoms with van der Waals surface area (Å²) in [6.45, 7) is 1.70. The number of rotatable bonds is 9. The number of aromatic hydroxyl groups is 1. The number of aromatic amines is 1. The molecular weight excluding hydrogens is 466 g/mol. The molecule has 188 valence electrons. The summed E-state index contributed by atoms with van der Waals surface area (Å²) in [6, 6.07) is 12.2. The Hall–Kier alpha value is -4.47. The van der Waals surface area contributed by atoms with Gasteiger partial charge in [0.25, 0.3) is 0 Å². The van der Waals surface area contributed by atoms with Crippen molar-refractivity contribution in [3.63, 3.8) is 0 Å². The number of amides is 1. The molecule has 3 N–H and O–H groups in total. The van der Waals surface area contributed by atoms with Gasteiger partial charge in [-0.15, -0.1) is 0 Å². The minimum Gasteiger partial charge on any atom is -0.507 e. The Balaban J connectivity index is 1.70. The van der Waals surface area contributed by atoms with Crippen molar-refractivity contribution in [3.05, 3.63) is 75.6 Å². The van der Waals surface area contributed by atoms with Gasteiger partial charge >= 0.3 is 5.63 Å². The van der Waals surface area contributed by atoms with Gasteiger partial charge in [0.1, 0.15) is 17.3 Å². The summed E-state index contributed by atoms with van der Waals surface area (Å²) in [6.07, 6.45) is -0.187. The number of ether oxygens (including phenoxy) is 3. The van der Waals surface area contributed by atoms with Crippen LogP contribution in [0.5, 0.6) is 23.0 Å². The van der Waals surface area contributed by atoms with Crippen molar-refractivity contribution in [2.75, 3.05) is 21.3 Å². The van der Waals surface area contributed by atoms with E-state index in [9.17, 15) is 14.7 Å². The summed E-state index contributed by atoms with van der Waals surface area (Å²) in [5.74, 6) is 0.231. The smallest absolute Gasteiger partial charge is 0.343 e. The maximum Gasteiger partial charge on any atom is 0.343 e. The van der Waals surface area contributed by atoms with Gasteiger partial charge in [-0.3, -0.25) is 4.79 Å². The number of aromatic nitrogens is 2. The van der Waals surface area contributed by atoms with Crippen molar-refractivity contribution < 1.29 is 28.5 Å². The summed E-state index contributed by atoms with van der Waals surface area (Å²) in [7, 11) is 4.38. The van der Waals surface area contributed by atoms with Crippen LogP contribution in [-0.2, 0) is 11.3 Å². The Kier molecular flexibility index (Phi) is 7.14. The van der Waals surface area contributed by atoms with E-state index in [2.05, 4.69) is 15.3 Å². The zero-order valence-electron chi connectivity index (χ0n) is 20.4. The number of nitrogens with zero attached hydrogens (tertiary/aromatic N) is 1. The van der Waals surface area contributed by atoms with Crippen molar-refractivity contribution in [2.45, 2.75) is 25.8 Å². The van der Waals surface area contributed by atoms with Crippen LogP contribution in [0.3, 0.4) is 0 Å². The van der Waals surface area contributed by atoms with Crippen LogP contribution in [0.15, 0.2) is 51.7 Å². The first-order valence-corrected chi connectivity index (χ1v) is 11.2. The summed E-state index contributed by atoms with van der Waals surface area (Å²) in [5.41, 5.74) is 1.28. The Labute approximate surface area is 206 Å². The van der Waals surface area contributed by atoms with Gasteiger partial charge in [-0.05, 0) is 25.1 Å². The molecule has 4 rings (SSSR count). The first-order chi connectivity index (χ1) is 17.4. The topological polar surface area (TPSA) is 136 Å². The molecule has 0 bridgehead atoms. The van der Waals surface area contributed by atoms with Crippen LogP contribution in [0.25, 0.3) is 11.0 Å². The third-order valence-electron chi connectivity index (χ3n) is 5.83. The van der Waals surface area contributed by atoms with E-state index in [0.717, 1.165) is 11.0 Å². The Morgan fingerprint density at radius 1 is 1.11 bits per heavy atom. The molecule has 0 aliphatic rings. The standard InChI is InChI=1S/C26H27N3O7/c1-14-11-19(30)23(26(32)36-14)16(15-9-10-20(33-2)25(35-4)24(15)34-3)12-22(31)27-13-21-28-17-7-5-6-8-18(17)29-21/h5-11,16,30H,12-13H2,1-4H3,(H,27,31)(H,28,29)/t16-/m1/s1. The van der Waals surface area contributed by atoms with Gasteiger partial charge in [-0.2, -0.15) is 0 Å². The zero-order chi connectivity index (χ0) is 25.8. The third-order valence-corrected chi connectivity index (χ3v) is 5.83. The second kappa shape index (κ2) is 10.4. The number of benzene rings is 2. The Morgan fingerprint density at radius 3 is 2.53 bits per heavy atom. The van der Waals surface area contributed by atoms with Crippen molar-refractivity contribution in [2.24, 2.45) is 0 Å². The minimum atomic E-state index is -0.910. The minimum absolute atomic E-state index is 0.0648. The van der Waals surface area contributed by atoms with E-state index in [4.69, 9.17) is 18.6 Å². The number of carbonyl (C=O) groups is 1. The van der Waals surface area contributed by atoms with E-state index in [1.54, 1.807) is 19.1 Å². The molecule has 0 aliphatic heterocycles. The van der Waals surface area contributed by atoms with Crippen LogP contribution in [0.2, 0.25) is 0 Å². The van der Waals surface area contributed by atoms with Crippen molar-refractivity contribution in [1.82, 2.24) is 15.3 Å². The number of nitrogens with one attached hydrogen (secondary N) is 2. The van der Waals surface area contributed by atoms with Crippen molar-refractivity contribution >= 4 is 16.9 Å². The van der Waals surface area contributed by atoms with Crippen LogP contribution < -0.4 is 25.2 Å². The lowest BCUT2D eigenvalue weighted by molar-refractivity contribution is -0.121. The maximum absolute atomic E-state index is 13.1. The molecule has 0 spiro atoms. The van der Waals surface area contributed by atoms with E-state index >= 15 is 0 Å². The average molecular weight is 494 g/mol. The maximum atomic E-state index is 13.1. The second-order valence-corrected chi connectivity index (χ2v) is 8.10. The van der Waals surface area contributed by atoms with Gasteiger partial charge in [0.2, 0.25) is 11.7 Å². The fourth-order valence-corrected chi connectivity index (χ4v) is 4.22. The SMILES string of the molecule is COc1ccc([C@@H](CC(=O)NCc2nc3ccccc3[nH]2)c2c(O)cc(C)oc2=O)c(OC)c1OC. The number of aryl methyl sites for hydroxylation is 1. The molecule has 2 heterocycles. The molecule has 0 fully saturated rings. The number of H-pyrrole nitrogens is 1. The first kappa shape index (κ1) is 24.6. The molecule has 2 aromatic carbocycles. The summed E-state index contributed by atoms with van der Waals surface area (Å²) in [4.78, 5) is 33.6. The molecule has 1 atom stereocenters. The van der Waals surface area contributed by atoms with Gasteiger partial charge in [0.05, 0.1) is 44.5 Å². The molecule has 0 saturated carbocycles. The van der Waals surface area contributed by atoms with Crippen LogP contribution in [0.4, 0.5) is 0 Å². The van der Waals surface area contributed by atoms with Gasteiger partial charge in [0.15, 0.2) is 11.5 Å². The molecule has 0 saturated heterocycles. The normalized spacial score (nSPS) is 11.8. The lowest BCUT2D eigenvalue weighted by Gasteiger charge is -2.22. The van der Waals surface area contributed by atoms with Gasteiger partial charge in [0, 0.05) is 24.0 Å². The summed E-state index contributed by atoms with van der Waals surface area (Å²) < 4.78 is 21.7. The number of para-hydroxylation sites is 2. The van der Waals surface area contributed by atoms with Crippen LogP contribution in [-0.4, -0.2) is 42.3 Å². The molecular formula is C26H27N3O7. The van der Waals surface area contributed by atoms with Crippen molar-refractivity contribution in [3.8, 4) is 23.0 Å². The molecule has 0 radical (unpaired) electrons. The number of hydrogen-bond acceptors (Lipinski definition) is 8. The van der Waals surface area contributed by atoms with E-state index in [1.807, 2.05) is 24.3 Å².